The molecule has 0 saturated carbocycles. The molecule has 0 fully saturated rings. The molecule has 2 aromatic carbocycles. The first-order valence-electron chi connectivity index (χ1n) is 6.58. The van der Waals surface area contributed by atoms with E-state index in [-0.39, 0.29) is 6.04 Å². The highest BCUT2D eigenvalue weighted by Gasteiger charge is 2.18. The van der Waals surface area contributed by atoms with Crippen molar-refractivity contribution in [3.8, 4) is 5.75 Å². The minimum Gasteiger partial charge on any atom is -0.492 e. The first kappa shape index (κ1) is 16.9. The summed E-state index contributed by atoms with van der Waals surface area (Å²) in [6, 6.07) is 9.27. The van der Waals surface area contributed by atoms with Crippen molar-refractivity contribution in [1.82, 2.24) is 0 Å². The third-order valence-electron chi connectivity index (χ3n) is 3.24. The van der Waals surface area contributed by atoms with Crippen LogP contribution in [-0.4, -0.2) is 6.61 Å². The van der Waals surface area contributed by atoms with E-state index in [1.165, 1.54) is 5.56 Å². The van der Waals surface area contributed by atoms with E-state index in [4.69, 9.17) is 33.7 Å². The molecule has 21 heavy (non-hydrogen) atoms. The van der Waals surface area contributed by atoms with Gasteiger partial charge in [0, 0.05) is 14.7 Å². The van der Waals surface area contributed by atoms with Gasteiger partial charge in [-0.15, -0.1) is 0 Å². The van der Waals surface area contributed by atoms with E-state index >= 15 is 0 Å². The Morgan fingerprint density at radius 2 is 1.90 bits per heavy atom. The number of ether oxygens (including phenoxy) is 1. The highest BCUT2D eigenvalue weighted by Crippen LogP contribution is 2.36. The topological polar surface area (TPSA) is 35.2 Å². The van der Waals surface area contributed by atoms with Crippen molar-refractivity contribution in [2.45, 2.75) is 19.9 Å². The summed E-state index contributed by atoms with van der Waals surface area (Å²) in [6.07, 6.45) is 0. The Morgan fingerprint density at radius 3 is 2.57 bits per heavy atom. The molecule has 1 atom stereocenters. The third kappa shape index (κ3) is 3.65. The number of rotatable bonds is 4. The van der Waals surface area contributed by atoms with Crippen molar-refractivity contribution in [1.29, 1.82) is 0 Å². The molecular formula is C16H16Cl2INO. The summed E-state index contributed by atoms with van der Waals surface area (Å²) in [6.45, 7) is 4.50. The summed E-state index contributed by atoms with van der Waals surface area (Å²) < 4.78 is 6.58. The van der Waals surface area contributed by atoms with Crippen LogP contribution in [-0.2, 0) is 0 Å². The summed E-state index contributed by atoms with van der Waals surface area (Å²) >= 11 is 14.9. The maximum Gasteiger partial charge on any atom is 0.139 e. The first-order valence-corrected chi connectivity index (χ1v) is 8.41. The maximum atomic E-state index is 6.39. The lowest BCUT2D eigenvalue weighted by Crippen LogP contribution is -2.14. The van der Waals surface area contributed by atoms with Gasteiger partial charge in [-0.05, 0) is 59.2 Å². The Bertz CT molecular complexity index is 661. The van der Waals surface area contributed by atoms with Gasteiger partial charge in [0.05, 0.1) is 17.7 Å². The molecule has 2 aromatic rings. The van der Waals surface area contributed by atoms with Gasteiger partial charge in [0.2, 0.25) is 0 Å². The van der Waals surface area contributed by atoms with Crippen LogP contribution in [0.25, 0.3) is 0 Å². The Balaban J connectivity index is 2.46. The lowest BCUT2D eigenvalue weighted by Gasteiger charge is -2.18. The lowest BCUT2D eigenvalue weighted by atomic mass is 9.98. The van der Waals surface area contributed by atoms with E-state index < -0.39 is 0 Å². The molecule has 5 heteroatoms. The zero-order chi connectivity index (χ0) is 15.6. The Hall–Kier alpha value is -0.490. The van der Waals surface area contributed by atoms with Gasteiger partial charge in [-0.2, -0.15) is 0 Å². The second-order valence-corrected chi connectivity index (χ2v) is 6.59. The monoisotopic (exact) mass is 435 g/mol. The number of hydrogen-bond acceptors (Lipinski definition) is 2. The zero-order valence-corrected chi connectivity index (χ0v) is 15.5. The van der Waals surface area contributed by atoms with Crippen LogP contribution in [0.3, 0.4) is 0 Å². The standard InChI is InChI=1S/C16H16Cl2INO/c1-3-21-14-8-12(17)11(7-13(14)18)16(20)10-6-4-5-9(2)15(10)19/h4-8,16H,3,20H2,1-2H3. The van der Waals surface area contributed by atoms with Crippen LogP contribution in [0.5, 0.6) is 5.75 Å². The summed E-state index contributed by atoms with van der Waals surface area (Å²) in [5, 5.41) is 1.09. The van der Waals surface area contributed by atoms with Crippen LogP contribution in [0.1, 0.15) is 29.7 Å². The number of halogens is 3. The molecular weight excluding hydrogens is 420 g/mol. The molecule has 0 radical (unpaired) electrons. The molecule has 0 aliphatic heterocycles. The van der Waals surface area contributed by atoms with Crippen molar-refractivity contribution >= 4 is 45.8 Å². The molecule has 0 aliphatic rings. The number of aryl methyl sites for hydroxylation is 1. The SMILES string of the molecule is CCOc1cc(Cl)c(C(N)c2cccc(C)c2I)cc1Cl. The molecule has 0 spiro atoms. The van der Waals surface area contributed by atoms with Crippen LogP contribution >= 0.6 is 45.8 Å². The average Bonchev–Trinajstić information content (AvgIpc) is 2.45. The van der Waals surface area contributed by atoms with Crippen LogP contribution in [0.4, 0.5) is 0 Å². The molecule has 0 aliphatic carbocycles. The Labute approximate surface area is 148 Å². The van der Waals surface area contributed by atoms with Crippen molar-refractivity contribution in [3.63, 3.8) is 0 Å². The molecule has 2 rings (SSSR count). The van der Waals surface area contributed by atoms with Gasteiger partial charge in [0.1, 0.15) is 5.75 Å². The second-order valence-electron chi connectivity index (χ2n) is 4.69. The van der Waals surface area contributed by atoms with Crippen LogP contribution in [0.2, 0.25) is 10.0 Å². The van der Waals surface area contributed by atoms with E-state index in [0.717, 1.165) is 14.7 Å². The fourth-order valence-electron chi connectivity index (χ4n) is 2.13. The lowest BCUT2D eigenvalue weighted by molar-refractivity contribution is 0.340. The maximum absolute atomic E-state index is 6.39. The highest BCUT2D eigenvalue weighted by molar-refractivity contribution is 14.1. The van der Waals surface area contributed by atoms with Gasteiger partial charge >= 0.3 is 0 Å². The molecule has 0 heterocycles. The largest absolute Gasteiger partial charge is 0.492 e. The summed E-state index contributed by atoms with van der Waals surface area (Å²) in [5.74, 6) is 0.582. The highest BCUT2D eigenvalue weighted by atomic mass is 127. The minimum absolute atomic E-state index is 0.322. The van der Waals surface area contributed by atoms with Gasteiger partial charge in [-0.1, -0.05) is 41.4 Å². The normalized spacial score (nSPS) is 12.3. The van der Waals surface area contributed by atoms with Gasteiger partial charge in [-0.25, -0.2) is 0 Å². The molecule has 1 unspecified atom stereocenters. The summed E-state index contributed by atoms with van der Waals surface area (Å²) in [4.78, 5) is 0. The minimum atomic E-state index is -0.322. The quantitative estimate of drug-likeness (QED) is 0.656. The molecule has 0 saturated heterocycles. The molecule has 0 bridgehead atoms. The van der Waals surface area contributed by atoms with E-state index in [1.807, 2.05) is 19.1 Å². The first-order chi connectivity index (χ1) is 9.95. The Kier molecular flexibility index (Phi) is 5.77. The molecule has 2 N–H and O–H groups in total. The zero-order valence-electron chi connectivity index (χ0n) is 11.8. The smallest absolute Gasteiger partial charge is 0.139 e. The third-order valence-corrected chi connectivity index (χ3v) is 5.34. The van der Waals surface area contributed by atoms with Crippen molar-refractivity contribution in [2.75, 3.05) is 6.61 Å². The molecule has 112 valence electrons. The van der Waals surface area contributed by atoms with Crippen LogP contribution in [0, 0.1) is 10.5 Å². The predicted octanol–water partition coefficient (Wildman–Crippen LogP) is 5.35. The molecule has 2 nitrogen and oxygen atoms in total. The summed E-state index contributed by atoms with van der Waals surface area (Å²) in [7, 11) is 0. The molecule has 0 amide bonds. The van der Waals surface area contributed by atoms with E-state index in [1.54, 1.807) is 12.1 Å². The van der Waals surface area contributed by atoms with Crippen molar-refractivity contribution in [3.05, 3.63) is 60.6 Å². The average molecular weight is 436 g/mol. The van der Waals surface area contributed by atoms with Gasteiger partial charge in [-0.3, -0.25) is 0 Å². The van der Waals surface area contributed by atoms with Gasteiger partial charge < -0.3 is 10.5 Å². The van der Waals surface area contributed by atoms with E-state index in [9.17, 15) is 0 Å². The Morgan fingerprint density at radius 1 is 1.19 bits per heavy atom. The van der Waals surface area contributed by atoms with Gasteiger partial charge in [0.25, 0.3) is 0 Å². The predicted molar refractivity (Wildman–Crippen MR) is 97.6 cm³/mol. The fourth-order valence-corrected chi connectivity index (χ4v) is 3.32. The number of hydrogen-bond donors (Lipinski definition) is 1. The number of benzene rings is 2. The van der Waals surface area contributed by atoms with Crippen LogP contribution in [0.15, 0.2) is 30.3 Å². The number of nitrogens with two attached hydrogens (primary N) is 1. The van der Waals surface area contributed by atoms with Crippen LogP contribution < -0.4 is 10.5 Å². The fraction of sp³-hybridized carbons (Fsp3) is 0.250. The van der Waals surface area contributed by atoms with E-state index in [0.29, 0.717) is 22.4 Å². The summed E-state index contributed by atoms with van der Waals surface area (Å²) in [5.41, 5.74) is 9.42. The van der Waals surface area contributed by atoms with Crippen molar-refractivity contribution < 1.29 is 4.74 Å². The van der Waals surface area contributed by atoms with Gasteiger partial charge in [0.15, 0.2) is 0 Å². The second kappa shape index (κ2) is 7.18. The van der Waals surface area contributed by atoms with Crippen molar-refractivity contribution in [2.24, 2.45) is 5.73 Å². The molecule has 0 aromatic heterocycles. The van der Waals surface area contributed by atoms with E-state index in [2.05, 4.69) is 35.6 Å².